The molecule has 1 heterocycles. The van der Waals surface area contributed by atoms with Crippen molar-refractivity contribution in [3.05, 3.63) is 29.0 Å². The Morgan fingerprint density at radius 1 is 1.41 bits per heavy atom. The second-order valence-corrected chi connectivity index (χ2v) is 5.37. The molecule has 1 aliphatic carbocycles. The highest BCUT2D eigenvalue weighted by molar-refractivity contribution is 6.31. The number of rotatable bonds is 1. The number of halogens is 1. The van der Waals surface area contributed by atoms with E-state index >= 15 is 0 Å². The third-order valence-electron chi connectivity index (χ3n) is 3.72. The molecule has 3 rings (SSSR count). The van der Waals surface area contributed by atoms with Gasteiger partial charge in [-0.25, -0.2) is 4.98 Å². The molecule has 2 atom stereocenters. The van der Waals surface area contributed by atoms with Crippen LogP contribution in [-0.4, -0.2) is 15.6 Å². The molecule has 4 heteroatoms. The van der Waals surface area contributed by atoms with Crippen molar-refractivity contribution in [2.45, 2.75) is 31.2 Å². The second kappa shape index (κ2) is 4.00. The summed E-state index contributed by atoms with van der Waals surface area (Å²) < 4.78 is 2.17. The van der Waals surface area contributed by atoms with Gasteiger partial charge in [-0.3, -0.25) is 0 Å². The maximum atomic E-state index is 5.99. The normalized spacial score (nSPS) is 24.6. The molecule has 0 spiro atoms. The molecule has 1 saturated carbocycles. The summed E-state index contributed by atoms with van der Waals surface area (Å²) >= 11 is 5.99. The van der Waals surface area contributed by atoms with Crippen molar-refractivity contribution in [2.75, 3.05) is 0 Å². The number of aromatic nitrogens is 2. The predicted molar refractivity (Wildman–Crippen MR) is 70.3 cm³/mol. The molecule has 2 N–H and O–H groups in total. The van der Waals surface area contributed by atoms with Gasteiger partial charge < -0.3 is 10.3 Å². The number of benzene rings is 1. The maximum Gasteiger partial charge on any atom is 0.112 e. The minimum absolute atomic E-state index is 0.336. The summed E-state index contributed by atoms with van der Waals surface area (Å²) in [4.78, 5) is 4.71. The fourth-order valence-corrected chi connectivity index (χ4v) is 2.97. The molecule has 3 nitrogen and oxygen atoms in total. The fraction of sp³-hybridized carbons (Fsp3) is 0.462. The lowest BCUT2D eigenvalue weighted by molar-refractivity contribution is 0.621. The zero-order valence-electron chi connectivity index (χ0n) is 9.86. The van der Waals surface area contributed by atoms with Crippen LogP contribution in [0.15, 0.2) is 18.2 Å². The summed E-state index contributed by atoms with van der Waals surface area (Å²) in [6, 6.07) is 6.21. The van der Waals surface area contributed by atoms with Crippen molar-refractivity contribution in [3.8, 4) is 0 Å². The molecule has 0 radical (unpaired) electrons. The van der Waals surface area contributed by atoms with Crippen LogP contribution in [0.5, 0.6) is 0 Å². The third-order valence-corrected chi connectivity index (χ3v) is 3.95. The Kier molecular flexibility index (Phi) is 2.60. The number of nitrogens with two attached hydrogens (primary N) is 1. The summed E-state index contributed by atoms with van der Waals surface area (Å²) in [5.74, 6) is 1.65. The highest BCUT2D eigenvalue weighted by Gasteiger charge is 2.27. The van der Waals surface area contributed by atoms with Crippen molar-refractivity contribution in [2.24, 2.45) is 12.8 Å². The van der Waals surface area contributed by atoms with E-state index in [1.165, 1.54) is 0 Å². The van der Waals surface area contributed by atoms with Crippen molar-refractivity contribution in [1.82, 2.24) is 9.55 Å². The summed E-state index contributed by atoms with van der Waals surface area (Å²) in [6.45, 7) is 0. The average Bonchev–Trinajstić information content (AvgIpc) is 2.83. The van der Waals surface area contributed by atoms with Crippen LogP contribution in [0.2, 0.25) is 5.02 Å². The Hall–Kier alpha value is -1.06. The SMILES string of the molecule is Cn1c(C2CCC(N)C2)nc2cc(Cl)ccc21. The standard InChI is InChI=1S/C13H16ClN3/c1-17-12-5-3-9(14)7-11(12)16-13(17)8-2-4-10(15)6-8/h3,5,7-8,10H,2,4,6,15H2,1H3. The number of nitrogens with zero attached hydrogens (tertiary/aromatic N) is 2. The molecular formula is C13H16ClN3. The lowest BCUT2D eigenvalue weighted by atomic mass is 10.1. The zero-order chi connectivity index (χ0) is 12.0. The molecule has 0 aliphatic heterocycles. The van der Waals surface area contributed by atoms with E-state index in [1.807, 2.05) is 18.2 Å². The lowest BCUT2D eigenvalue weighted by Crippen LogP contribution is -2.15. The van der Waals surface area contributed by atoms with Crippen LogP contribution in [-0.2, 0) is 7.05 Å². The number of fused-ring (bicyclic) bond motifs is 1. The largest absolute Gasteiger partial charge is 0.331 e. The average molecular weight is 250 g/mol. The van der Waals surface area contributed by atoms with Gasteiger partial charge in [0.25, 0.3) is 0 Å². The van der Waals surface area contributed by atoms with Gasteiger partial charge in [0, 0.05) is 24.0 Å². The smallest absolute Gasteiger partial charge is 0.112 e. The first-order chi connectivity index (χ1) is 8.15. The van der Waals surface area contributed by atoms with E-state index in [2.05, 4.69) is 11.6 Å². The predicted octanol–water partition coefficient (Wildman–Crippen LogP) is 2.82. The molecule has 0 amide bonds. The number of hydrogen-bond acceptors (Lipinski definition) is 2. The van der Waals surface area contributed by atoms with Crippen LogP contribution in [0.4, 0.5) is 0 Å². The quantitative estimate of drug-likeness (QED) is 0.845. The van der Waals surface area contributed by atoms with E-state index in [4.69, 9.17) is 22.3 Å². The van der Waals surface area contributed by atoms with Crippen LogP contribution in [0.25, 0.3) is 11.0 Å². The van der Waals surface area contributed by atoms with Gasteiger partial charge in [0.2, 0.25) is 0 Å². The van der Waals surface area contributed by atoms with Gasteiger partial charge >= 0.3 is 0 Å². The minimum atomic E-state index is 0.336. The van der Waals surface area contributed by atoms with E-state index in [0.717, 1.165) is 41.1 Å². The third kappa shape index (κ3) is 1.83. The molecule has 0 bridgehead atoms. The molecule has 1 aromatic carbocycles. The van der Waals surface area contributed by atoms with E-state index in [1.54, 1.807) is 0 Å². The Balaban J connectivity index is 2.08. The topological polar surface area (TPSA) is 43.8 Å². The van der Waals surface area contributed by atoms with Gasteiger partial charge in [0.05, 0.1) is 11.0 Å². The van der Waals surface area contributed by atoms with Gasteiger partial charge in [0.15, 0.2) is 0 Å². The van der Waals surface area contributed by atoms with E-state index in [9.17, 15) is 0 Å². The second-order valence-electron chi connectivity index (χ2n) is 4.93. The summed E-state index contributed by atoms with van der Waals surface area (Å²) in [5.41, 5.74) is 8.10. The Labute approximate surface area is 106 Å². The van der Waals surface area contributed by atoms with Gasteiger partial charge in [-0.1, -0.05) is 11.6 Å². The van der Waals surface area contributed by atoms with Crippen molar-refractivity contribution in [3.63, 3.8) is 0 Å². The molecule has 2 unspecified atom stereocenters. The van der Waals surface area contributed by atoms with Crippen LogP contribution in [0.1, 0.15) is 31.0 Å². The van der Waals surface area contributed by atoms with Gasteiger partial charge in [0.1, 0.15) is 5.82 Å². The molecule has 17 heavy (non-hydrogen) atoms. The van der Waals surface area contributed by atoms with Crippen LogP contribution in [0, 0.1) is 0 Å². The van der Waals surface area contributed by atoms with Crippen LogP contribution in [0.3, 0.4) is 0 Å². The fourth-order valence-electron chi connectivity index (χ4n) is 2.81. The first kappa shape index (κ1) is 11.1. The number of hydrogen-bond donors (Lipinski definition) is 1. The molecular weight excluding hydrogens is 234 g/mol. The maximum absolute atomic E-state index is 5.99. The van der Waals surface area contributed by atoms with Crippen LogP contribution >= 0.6 is 11.6 Å². The number of aryl methyl sites for hydroxylation is 1. The Morgan fingerprint density at radius 2 is 2.24 bits per heavy atom. The first-order valence-electron chi connectivity index (χ1n) is 6.02. The monoisotopic (exact) mass is 249 g/mol. The molecule has 2 aromatic rings. The molecule has 1 aliphatic rings. The van der Waals surface area contributed by atoms with Gasteiger partial charge in [-0.05, 0) is 37.5 Å². The highest BCUT2D eigenvalue weighted by Crippen LogP contribution is 2.34. The minimum Gasteiger partial charge on any atom is -0.331 e. The van der Waals surface area contributed by atoms with Gasteiger partial charge in [-0.15, -0.1) is 0 Å². The highest BCUT2D eigenvalue weighted by atomic mass is 35.5. The molecule has 1 fully saturated rings. The zero-order valence-corrected chi connectivity index (χ0v) is 10.6. The molecule has 0 saturated heterocycles. The van der Waals surface area contributed by atoms with Crippen LogP contribution < -0.4 is 5.73 Å². The van der Waals surface area contributed by atoms with E-state index < -0.39 is 0 Å². The van der Waals surface area contributed by atoms with E-state index in [0.29, 0.717) is 12.0 Å². The Morgan fingerprint density at radius 3 is 2.94 bits per heavy atom. The molecule has 1 aromatic heterocycles. The summed E-state index contributed by atoms with van der Waals surface area (Å²) in [7, 11) is 2.07. The van der Waals surface area contributed by atoms with Crippen molar-refractivity contribution < 1.29 is 0 Å². The number of imidazole rings is 1. The Bertz CT molecular complexity index is 561. The first-order valence-corrected chi connectivity index (χ1v) is 6.40. The van der Waals surface area contributed by atoms with Gasteiger partial charge in [-0.2, -0.15) is 0 Å². The van der Waals surface area contributed by atoms with Crippen molar-refractivity contribution in [1.29, 1.82) is 0 Å². The summed E-state index contributed by atoms with van der Waals surface area (Å²) in [5, 5.41) is 0.741. The lowest BCUT2D eigenvalue weighted by Gasteiger charge is -2.09. The van der Waals surface area contributed by atoms with E-state index in [-0.39, 0.29) is 0 Å². The summed E-state index contributed by atoms with van der Waals surface area (Å²) in [6.07, 6.45) is 3.30. The molecule has 90 valence electrons. The van der Waals surface area contributed by atoms with Crippen molar-refractivity contribution >= 4 is 22.6 Å².